The molecule has 0 spiro atoms. The number of aryl methyl sites for hydroxylation is 1. The number of fused-ring (bicyclic) bond motifs is 1. The summed E-state index contributed by atoms with van der Waals surface area (Å²) in [5.74, 6) is 0.718. The molecule has 3 aromatic rings. The molecule has 0 fully saturated rings. The molecule has 3 rings (SSSR count). The molecule has 0 amide bonds. The zero-order valence-corrected chi connectivity index (χ0v) is 11.6. The Kier molecular flexibility index (Phi) is 3.36. The third-order valence-electron chi connectivity index (χ3n) is 2.51. The Morgan fingerprint density at radius 3 is 2.76 bits per heavy atom. The molecule has 2 aromatic heterocycles. The number of hydrogen-bond acceptors (Lipinski definition) is 2. The van der Waals surface area contributed by atoms with Crippen molar-refractivity contribution in [2.24, 2.45) is 0 Å². The Bertz CT molecular complexity index is 631. The van der Waals surface area contributed by atoms with Crippen LogP contribution in [0.5, 0.6) is 0 Å². The zero-order chi connectivity index (χ0) is 11.0. The first-order valence-corrected chi connectivity index (χ1v) is 5.14. The van der Waals surface area contributed by atoms with Crippen molar-refractivity contribution in [2.75, 3.05) is 0 Å². The molecule has 0 saturated carbocycles. The molecule has 87 valence electrons. The van der Waals surface area contributed by atoms with Crippen LogP contribution in [0.4, 0.5) is 0 Å². The third kappa shape index (κ3) is 2.14. The average molecular weight is 400 g/mol. The first-order valence-electron chi connectivity index (χ1n) is 5.14. The standard InChI is InChI=1S/C13H10N3.Ir/c1-10-6-5-9-16-13(10)14-12(15-16)11-7-3-2-4-8-11;/h2-7,9H,1H3;/q-1;. The number of nitrogens with zero attached hydrogens (tertiary/aromatic N) is 3. The number of hydrogen-bond donors (Lipinski definition) is 0. The minimum Gasteiger partial charge on any atom is -0.257 e. The van der Waals surface area contributed by atoms with Gasteiger partial charge in [0.05, 0.1) is 5.82 Å². The van der Waals surface area contributed by atoms with E-state index in [0.717, 1.165) is 22.6 Å². The smallest absolute Gasteiger partial charge is 0.148 e. The molecule has 3 nitrogen and oxygen atoms in total. The summed E-state index contributed by atoms with van der Waals surface area (Å²) in [6.07, 6.45) is 1.90. The molecule has 0 aliphatic carbocycles. The summed E-state index contributed by atoms with van der Waals surface area (Å²) in [5.41, 5.74) is 2.94. The maximum absolute atomic E-state index is 4.50. The van der Waals surface area contributed by atoms with Gasteiger partial charge >= 0.3 is 0 Å². The van der Waals surface area contributed by atoms with Crippen molar-refractivity contribution in [3.63, 3.8) is 0 Å². The van der Waals surface area contributed by atoms with Gasteiger partial charge in [0.25, 0.3) is 0 Å². The molecule has 0 saturated heterocycles. The van der Waals surface area contributed by atoms with Crippen LogP contribution < -0.4 is 0 Å². The van der Waals surface area contributed by atoms with Crippen molar-refractivity contribution < 1.29 is 20.1 Å². The minimum atomic E-state index is 0. The van der Waals surface area contributed by atoms with Crippen LogP contribution in [0.3, 0.4) is 0 Å². The van der Waals surface area contributed by atoms with Gasteiger partial charge in [-0.3, -0.25) is 4.98 Å². The van der Waals surface area contributed by atoms with E-state index in [1.807, 2.05) is 49.5 Å². The van der Waals surface area contributed by atoms with Crippen molar-refractivity contribution >= 4 is 5.65 Å². The molecule has 17 heavy (non-hydrogen) atoms. The van der Waals surface area contributed by atoms with E-state index in [-0.39, 0.29) is 20.1 Å². The molecular weight excluding hydrogens is 390 g/mol. The van der Waals surface area contributed by atoms with Crippen LogP contribution in [0.2, 0.25) is 0 Å². The van der Waals surface area contributed by atoms with E-state index in [9.17, 15) is 0 Å². The number of rotatable bonds is 1. The van der Waals surface area contributed by atoms with E-state index in [1.54, 1.807) is 4.52 Å². The van der Waals surface area contributed by atoms with Crippen molar-refractivity contribution in [1.82, 2.24) is 14.6 Å². The maximum Gasteiger partial charge on any atom is 0.148 e. The van der Waals surface area contributed by atoms with Crippen LogP contribution in [-0.2, 0) is 20.1 Å². The van der Waals surface area contributed by atoms with Crippen molar-refractivity contribution in [2.45, 2.75) is 6.92 Å². The Labute approximate surface area is 113 Å². The molecule has 0 bridgehead atoms. The second kappa shape index (κ2) is 4.78. The fourth-order valence-corrected chi connectivity index (χ4v) is 1.69. The number of benzene rings is 1. The molecule has 0 aliphatic rings. The van der Waals surface area contributed by atoms with Gasteiger partial charge in [-0.05, 0) is 18.6 Å². The maximum atomic E-state index is 4.50. The second-order valence-corrected chi connectivity index (χ2v) is 3.67. The van der Waals surface area contributed by atoms with Crippen molar-refractivity contribution in [1.29, 1.82) is 0 Å². The van der Waals surface area contributed by atoms with Crippen LogP contribution in [0.1, 0.15) is 5.56 Å². The van der Waals surface area contributed by atoms with Gasteiger partial charge in [0.2, 0.25) is 0 Å². The minimum absolute atomic E-state index is 0. The van der Waals surface area contributed by atoms with E-state index < -0.39 is 0 Å². The summed E-state index contributed by atoms with van der Waals surface area (Å²) < 4.78 is 1.80. The molecule has 2 heterocycles. The van der Waals surface area contributed by atoms with Gasteiger partial charge in [-0.1, -0.05) is 6.07 Å². The molecule has 0 N–H and O–H groups in total. The topological polar surface area (TPSA) is 30.2 Å². The summed E-state index contributed by atoms with van der Waals surface area (Å²) in [5, 5.41) is 4.42. The molecular formula is C13H10IrN3-. The summed E-state index contributed by atoms with van der Waals surface area (Å²) in [7, 11) is 0. The quantitative estimate of drug-likeness (QED) is 0.588. The Hall–Kier alpha value is -1.51. The molecule has 0 atom stereocenters. The predicted octanol–water partition coefficient (Wildman–Crippen LogP) is 2.50. The average Bonchev–Trinajstić information content (AvgIpc) is 2.76. The third-order valence-corrected chi connectivity index (χ3v) is 2.51. The van der Waals surface area contributed by atoms with Gasteiger partial charge in [0.1, 0.15) is 5.65 Å². The van der Waals surface area contributed by atoms with Crippen molar-refractivity contribution in [3.05, 3.63) is 54.2 Å². The molecule has 0 aliphatic heterocycles. The van der Waals surface area contributed by atoms with Gasteiger partial charge < -0.3 is 0 Å². The Morgan fingerprint density at radius 2 is 2.06 bits per heavy atom. The van der Waals surface area contributed by atoms with Gasteiger partial charge in [0, 0.05) is 26.3 Å². The summed E-state index contributed by atoms with van der Waals surface area (Å²) in [4.78, 5) is 4.50. The van der Waals surface area contributed by atoms with Crippen LogP contribution in [0, 0.1) is 13.0 Å². The van der Waals surface area contributed by atoms with Crippen LogP contribution in [0.25, 0.3) is 17.0 Å². The summed E-state index contributed by atoms with van der Waals surface area (Å²) in [6, 6.07) is 14.9. The monoisotopic (exact) mass is 401 g/mol. The molecule has 1 radical (unpaired) electrons. The van der Waals surface area contributed by atoms with Crippen molar-refractivity contribution in [3.8, 4) is 11.4 Å². The fraction of sp³-hybridized carbons (Fsp3) is 0.0769. The normalized spacial score (nSPS) is 10.2. The molecule has 4 heteroatoms. The van der Waals surface area contributed by atoms with E-state index in [1.165, 1.54) is 0 Å². The summed E-state index contributed by atoms with van der Waals surface area (Å²) in [6.45, 7) is 2.03. The van der Waals surface area contributed by atoms with Gasteiger partial charge in [-0.2, -0.15) is 5.10 Å². The van der Waals surface area contributed by atoms with Gasteiger partial charge in [-0.25, -0.2) is 4.52 Å². The Morgan fingerprint density at radius 1 is 1.18 bits per heavy atom. The van der Waals surface area contributed by atoms with Gasteiger partial charge in [-0.15, -0.1) is 35.9 Å². The largest absolute Gasteiger partial charge is 0.257 e. The zero-order valence-electron chi connectivity index (χ0n) is 9.22. The van der Waals surface area contributed by atoms with Crippen LogP contribution in [-0.4, -0.2) is 14.6 Å². The van der Waals surface area contributed by atoms with E-state index in [0.29, 0.717) is 0 Å². The van der Waals surface area contributed by atoms with E-state index in [2.05, 4.69) is 16.1 Å². The number of aromatic nitrogens is 3. The van der Waals surface area contributed by atoms with E-state index >= 15 is 0 Å². The predicted molar refractivity (Wildman–Crippen MR) is 62.0 cm³/mol. The Balaban J connectivity index is 0.00000108. The van der Waals surface area contributed by atoms with Gasteiger partial charge in [0.15, 0.2) is 0 Å². The first kappa shape index (κ1) is 12.0. The fourth-order valence-electron chi connectivity index (χ4n) is 1.69. The molecule has 1 aromatic carbocycles. The van der Waals surface area contributed by atoms with Crippen LogP contribution >= 0.6 is 0 Å². The summed E-state index contributed by atoms with van der Waals surface area (Å²) >= 11 is 0. The number of pyridine rings is 1. The first-order chi connectivity index (χ1) is 7.84. The molecule has 0 unspecified atom stereocenters. The second-order valence-electron chi connectivity index (χ2n) is 3.67. The van der Waals surface area contributed by atoms with E-state index in [4.69, 9.17) is 0 Å². The SMILES string of the molecule is Cc1cccn2nc(-c3[c-]cccc3)nc12.[Ir]. The van der Waals surface area contributed by atoms with Crippen LogP contribution in [0.15, 0.2) is 42.6 Å².